The zero-order chi connectivity index (χ0) is 27.1. The maximum atomic E-state index is 13.7. The van der Waals surface area contributed by atoms with Gasteiger partial charge in [0, 0.05) is 44.6 Å². The second-order valence-corrected chi connectivity index (χ2v) is 13.0. The van der Waals surface area contributed by atoms with Crippen LogP contribution in [-0.4, -0.2) is 72.6 Å². The second kappa shape index (κ2) is 10.6. The zero-order valence-corrected chi connectivity index (χ0v) is 22.7. The molecule has 2 saturated heterocycles. The quantitative estimate of drug-likeness (QED) is 0.615. The Morgan fingerprint density at radius 3 is 2.63 bits per heavy atom. The molecule has 2 N–H and O–H groups in total. The van der Waals surface area contributed by atoms with Crippen molar-refractivity contribution < 1.29 is 27.4 Å². The predicted molar refractivity (Wildman–Crippen MR) is 141 cm³/mol. The number of fused-ring (bicyclic) bond motifs is 2. The number of hydrogen-bond acceptors (Lipinski definition) is 6. The lowest BCUT2D eigenvalue weighted by molar-refractivity contribution is -0.127. The highest BCUT2D eigenvalue weighted by Crippen LogP contribution is 2.36. The van der Waals surface area contributed by atoms with Crippen molar-refractivity contribution in [2.75, 3.05) is 26.2 Å². The van der Waals surface area contributed by atoms with Gasteiger partial charge in [0.15, 0.2) is 0 Å². The third-order valence-electron chi connectivity index (χ3n) is 8.09. The first kappa shape index (κ1) is 27.1. The van der Waals surface area contributed by atoms with Gasteiger partial charge in [0.1, 0.15) is 22.5 Å². The molecule has 0 bridgehead atoms. The fourth-order valence-corrected chi connectivity index (χ4v) is 7.55. The normalized spacial score (nSPS) is 25.8. The van der Waals surface area contributed by atoms with Crippen molar-refractivity contribution in [2.45, 2.75) is 74.6 Å². The van der Waals surface area contributed by atoms with Crippen LogP contribution in [0.2, 0.25) is 0 Å². The standard InChI is InChI=1S/C28H36FN3O5S/c1-19(2)21-6-7-26-25(15-21)37-13-10-28(30-27(34)24-16-23(33)18-32(24)38(26,35)36)8-11-31(12-9-28)17-20-4-3-5-22(29)14-20/h3-7,14-15,19,23-24,33H,8-13,16-18H2,1-2H3,(H,30,34)/t23-,24+/m1/s1. The third kappa shape index (κ3) is 5.45. The molecule has 10 heteroatoms. The lowest BCUT2D eigenvalue weighted by atomic mass is 9.84. The number of rotatable bonds is 3. The van der Waals surface area contributed by atoms with E-state index in [4.69, 9.17) is 4.74 Å². The van der Waals surface area contributed by atoms with E-state index in [0.29, 0.717) is 38.9 Å². The minimum atomic E-state index is -4.08. The molecule has 38 heavy (non-hydrogen) atoms. The molecule has 0 aliphatic carbocycles. The number of halogens is 1. The summed E-state index contributed by atoms with van der Waals surface area (Å²) in [5, 5.41) is 13.6. The van der Waals surface area contributed by atoms with Gasteiger partial charge in [-0.2, -0.15) is 4.31 Å². The zero-order valence-electron chi connectivity index (χ0n) is 21.9. The number of ether oxygens (including phenoxy) is 1. The van der Waals surface area contributed by atoms with Crippen LogP contribution in [0.3, 0.4) is 0 Å². The van der Waals surface area contributed by atoms with E-state index in [1.807, 2.05) is 19.9 Å². The molecule has 3 aliphatic heterocycles. The number of benzene rings is 2. The Morgan fingerprint density at radius 1 is 1.16 bits per heavy atom. The summed E-state index contributed by atoms with van der Waals surface area (Å²) in [6.45, 7) is 6.18. The van der Waals surface area contributed by atoms with Crippen molar-refractivity contribution >= 4 is 15.9 Å². The van der Waals surface area contributed by atoms with Gasteiger partial charge < -0.3 is 15.2 Å². The molecule has 2 atom stereocenters. The monoisotopic (exact) mass is 545 g/mol. The number of nitrogens with one attached hydrogen (secondary N) is 1. The fourth-order valence-electron chi connectivity index (χ4n) is 5.80. The van der Waals surface area contributed by atoms with Crippen molar-refractivity contribution in [1.82, 2.24) is 14.5 Å². The number of hydrogen-bond donors (Lipinski definition) is 2. The molecule has 206 valence electrons. The van der Waals surface area contributed by atoms with Gasteiger partial charge in [-0.05, 0) is 54.2 Å². The molecule has 2 aromatic rings. The van der Waals surface area contributed by atoms with Crippen LogP contribution in [0.4, 0.5) is 4.39 Å². The number of carbonyl (C=O) groups is 1. The number of likely N-dealkylation sites (tertiary alicyclic amines) is 1. The molecule has 0 radical (unpaired) electrons. The lowest BCUT2D eigenvalue weighted by Crippen LogP contribution is -2.59. The van der Waals surface area contributed by atoms with Crippen LogP contribution >= 0.6 is 0 Å². The molecule has 1 amide bonds. The Bertz CT molecular complexity index is 1290. The van der Waals surface area contributed by atoms with Crippen molar-refractivity contribution in [2.24, 2.45) is 0 Å². The molecular formula is C28H36FN3O5S. The molecule has 1 spiro atoms. The van der Waals surface area contributed by atoms with E-state index < -0.39 is 27.7 Å². The number of aliphatic hydroxyl groups excluding tert-OH is 1. The van der Waals surface area contributed by atoms with E-state index in [0.717, 1.165) is 15.4 Å². The van der Waals surface area contributed by atoms with E-state index >= 15 is 0 Å². The fraction of sp³-hybridized carbons (Fsp3) is 0.536. The van der Waals surface area contributed by atoms with Gasteiger partial charge in [-0.3, -0.25) is 9.69 Å². The molecule has 8 nitrogen and oxygen atoms in total. The van der Waals surface area contributed by atoms with Crippen LogP contribution in [-0.2, 0) is 21.4 Å². The summed E-state index contributed by atoms with van der Waals surface area (Å²) in [4.78, 5) is 15.8. The number of amides is 1. The van der Waals surface area contributed by atoms with Gasteiger partial charge in [-0.15, -0.1) is 0 Å². The summed E-state index contributed by atoms with van der Waals surface area (Å²) < 4.78 is 48.4. The van der Waals surface area contributed by atoms with Crippen LogP contribution < -0.4 is 10.1 Å². The number of aliphatic hydroxyl groups is 1. The molecule has 2 aromatic carbocycles. The molecule has 0 unspecified atom stereocenters. The average molecular weight is 546 g/mol. The Balaban J connectivity index is 1.42. The highest BCUT2D eigenvalue weighted by Gasteiger charge is 2.47. The Labute approximate surface area is 223 Å². The van der Waals surface area contributed by atoms with Gasteiger partial charge in [0.2, 0.25) is 15.9 Å². The first-order valence-corrected chi connectivity index (χ1v) is 14.8. The van der Waals surface area contributed by atoms with Gasteiger partial charge in [0.05, 0.1) is 12.7 Å². The molecule has 5 rings (SSSR count). The molecule has 3 aliphatic rings. The Morgan fingerprint density at radius 2 is 1.92 bits per heavy atom. The molecule has 2 fully saturated rings. The highest BCUT2D eigenvalue weighted by atomic mass is 32.2. The summed E-state index contributed by atoms with van der Waals surface area (Å²) in [5.41, 5.74) is 1.29. The summed E-state index contributed by atoms with van der Waals surface area (Å²) in [5.74, 6) is -0.179. The minimum absolute atomic E-state index is 0.0228. The Kier molecular flexibility index (Phi) is 7.52. The van der Waals surface area contributed by atoms with Crippen LogP contribution in [0.25, 0.3) is 0 Å². The maximum Gasteiger partial charge on any atom is 0.247 e. The molecule has 0 aromatic heterocycles. The van der Waals surface area contributed by atoms with Crippen molar-refractivity contribution in [3.8, 4) is 5.75 Å². The summed E-state index contributed by atoms with van der Waals surface area (Å²) in [7, 11) is -4.08. The highest BCUT2D eigenvalue weighted by molar-refractivity contribution is 7.89. The number of carbonyl (C=O) groups excluding carboxylic acids is 1. The summed E-state index contributed by atoms with van der Waals surface area (Å²) in [6.07, 6.45) is 0.948. The SMILES string of the molecule is CC(C)c1ccc2c(c1)OCCC1(CCN(Cc3cccc(F)c3)CC1)NC(=O)[C@@H]1C[C@@H](O)CN1S2(=O)=O. The van der Waals surface area contributed by atoms with Crippen molar-refractivity contribution in [3.63, 3.8) is 0 Å². The van der Waals surface area contributed by atoms with Crippen molar-refractivity contribution in [3.05, 3.63) is 59.4 Å². The van der Waals surface area contributed by atoms with Crippen LogP contribution in [0.5, 0.6) is 5.75 Å². The third-order valence-corrected chi connectivity index (χ3v) is 10.0. The lowest BCUT2D eigenvalue weighted by Gasteiger charge is -2.43. The van der Waals surface area contributed by atoms with Gasteiger partial charge in [0.25, 0.3) is 0 Å². The number of piperidine rings is 1. The maximum absolute atomic E-state index is 13.7. The average Bonchev–Trinajstić information content (AvgIpc) is 3.27. The number of sulfonamides is 1. The van der Waals surface area contributed by atoms with Gasteiger partial charge >= 0.3 is 0 Å². The summed E-state index contributed by atoms with van der Waals surface area (Å²) in [6, 6.07) is 10.7. The first-order chi connectivity index (χ1) is 18.1. The van der Waals surface area contributed by atoms with E-state index in [2.05, 4.69) is 10.2 Å². The smallest absolute Gasteiger partial charge is 0.247 e. The topological polar surface area (TPSA) is 99.2 Å². The van der Waals surface area contributed by atoms with E-state index in [-0.39, 0.29) is 47.9 Å². The van der Waals surface area contributed by atoms with E-state index in [1.54, 1.807) is 24.3 Å². The van der Waals surface area contributed by atoms with Crippen LogP contribution in [0.15, 0.2) is 47.4 Å². The molecule has 3 heterocycles. The van der Waals surface area contributed by atoms with E-state index in [9.17, 15) is 22.7 Å². The predicted octanol–water partition coefficient (Wildman–Crippen LogP) is 3.01. The van der Waals surface area contributed by atoms with E-state index in [1.165, 1.54) is 12.1 Å². The second-order valence-electron chi connectivity index (χ2n) is 11.1. The van der Waals surface area contributed by atoms with Crippen molar-refractivity contribution in [1.29, 1.82) is 0 Å². The molecular weight excluding hydrogens is 509 g/mol. The van der Waals surface area contributed by atoms with Gasteiger partial charge in [-0.1, -0.05) is 32.0 Å². The van der Waals surface area contributed by atoms with Crippen LogP contribution in [0.1, 0.15) is 56.6 Å². The largest absolute Gasteiger partial charge is 0.492 e. The minimum Gasteiger partial charge on any atom is -0.492 e. The Hall–Kier alpha value is -2.53. The van der Waals surface area contributed by atoms with Gasteiger partial charge in [-0.25, -0.2) is 12.8 Å². The number of nitrogens with zero attached hydrogens (tertiary/aromatic N) is 2. The summed E-state index contributed by atoms with van der Waals surface area (Å²) >= 11 is 0. The molecule has 0 saturated carbocycles. The first-order valence-electron chi connectivity index (χ1n) is 13.3. The van der Waals surface area contributed by atoms with Crippen LogP contribution in [0, 0.1) is 5.82 Å².